The Morgan fingerprint density at radius 3 is 3.00 bits per heavy atom. The molecule has 0 atom stereocenters. The molecule has 2 heterocycles. The highest BCUT2D eigenvalue weighted by atomic mass is 16.5. The Balaban J connectivity index is 2.54. The van der Waals surface area contributed by atoms with Crippen LogP contribution in [0.15, 0.2) is 24.4 Å². The minimum Gasteiger partial charge on any atom is -0.479 e. The maximum absolute atomic E-state index is 8.68. The molecule has 0 aliphatic carbocycles. The van der Waals surface area contributed by atoms with Gasteiger partial charge in [-0.15, -0.1) is 0 Å². The quantitative estimate of drug-likeness (QED) is 0.722. The van der Waals surface area contributed by atoms with Gasteiger partial charge in [0.05, 0.1) is 7.11 Å². The maximum Gasteiger partial charge on any atom is 0.240 e. The van der Waals surface area contributed by atoms with Crippen LogP contribution in [0, 0.1) is 17.5 Å². The summed E-state index contributed by atoms with van der Waals surface area (Å²) in [5, 5.41) is 12.6. The highest BCUT2D eigenvalue weighted by molar-refractivity contribution is 5.43. The largest absolute Gasteiger partial charge is 0.479 e. The topological polar surface area (TPSA) is 63.7 Å². The molecule has 1 radical (unpaired) electrons. The lowest BCUT2D eigenvalue weighted by Gasteiger charge is -2.06. The molecule has 0 aliphatic heterocycles. The molecule has 0 saturated carbocycles. The zero-order valence-electron chi connectivity index (χ0n) is 8.01. The molecule has 2 aromatic heterocycles. The van der Waals surface area contributed by atoms with E-state index in [4.69, 9.17) is 10.00 Å². The van der Waals surface area contributed by atoms with Crippen LogP contribution >= 0.6 is 0 Å². The molecule has 15 heavy (non-hydrogen) atoms. The number of methoxy groups -OCH3 is 1. The van der Waals surface area contributed by atoms with Crippen molar-refractivity contribution in [3.63, 3.8) is 0 Å². The summed E-state index contributed by atoms with van der Waals surface area (Å²) in [5.74, 6) is 0.367. The van der Waals surface area contributed by atoms with Crippen molar-refractivity contribution in [2.45, 2.75) is 0 Å². The van der Waals surface area contributed by atoms with E-state index in [1.54, 1.807) is 29.1 Å². The smallest absolute Gasteiger partial charge is 0.240 e. The van der Waals surface area contributed by atoms with E-state index in [1.807, 2.05) is 6.07 Å². The van der Waals surface area contributed by atoms with Gasteiger partial charge in [0.2, 0.25) is 5.88 Å². The maximum atomic E-state index is 8.68. The second-order valence-corrected chi connectivity index (χ2v) is 2.73. The van der Waals surface area contributed by atoms with Crippen LogP contribution in [-0.4, -0.2) is 21.9 Å². The second kappa shape index (κ2) is 3.80. The molecule has 0 aromatic carbocycles. The van der Waals surface area contributed by atoms with E-state index in [0.29, 0.717) is 17.3 Å². The summed E-state index contributed by atoms with van der Waals surface area (Å²) in [5.41, 5.74) is 0.990. The van der Waals surface area contributed by atoms with Crippen molar-refractivity contribution in [2.24, 2.45) is 0 Å². The standard InChI is InChI=1S/C10H7N4O/c1-15-10-9(14-6-2-5-12-14)4-3-8(7-11)13-10/h2-4,6H,1H3. The zero-order chi connectivity index (χ0) is 10.7. The molecular weight excluding hydrogens is 192 g/mol. The highest BCUT2D eigenvalue weighted by Gasteiger charge is 2.07. The lowest BCUT2D eigenvalue weighted by Crippen LogP contribution is -2.01. The third-order valence-electron chi connectivity index (χ3n) is 1.85. The van der Waals surface area contributed by atoms with Gasteiger partial charge in [0.1, 0.15) is 23.6 Å². The number of aromatic nitrogens is 3. The normalized spacial score (nSPS) is 9.60. The second-order valence-electron chi connectivity index (χ2n) is 2.73. The number of nitriles is 1. The van der Waals surface area contributed by atoms with Crippen molar-refractivity contribution < 1.29 is 4.74 Å². The molecule has 2 rings (SSSR count). The Kier molecular flexibility index (Phi) is 2.33. The number of pyridine rings is 1. The first kappa shape index (κ1) is 9.21. The summed E-state index contributed by atoms with van der Waals surface area (Å²) < 4.78 is 6.65. The van der Waals surface area contributed by atoms with Gasteiger partial charge in [0, 0.05) is 6.20 Å². The Morgan fingerprint density at radius 2 is 2.40 bits per heavy atom. The summed E-state index contributed by atoms with van der Waals surface area (Å²) in [6.07, 6.45) is 4.40. The van der Waals surface area contributed by atoms with Crippen LogP contribution in [-0.2, 0) is 0 Å². The van der Waals surface area contributed by atoms with Gasteiger partial charge in [0.15, 0.2) is 0 Å². The summed E-state index contributed by atoms with van der Waals surface area (Å²) in [4.78, 5) is 4.01. The van der Waals surface area contributed by atoms with Crippen LogP contribution in [0.2, 0.25) is 0 Å². The van der Waals surface area contributed by atoms with Crippen LogP contribution < -0.4 is 4.74 Å². The number of hydrogen-bond acceptors (Lipinski definition) is 4. The third-order valence-corrected chi connectivity index (χ3v) is 1.85. The van der Waals surface area contributed by atoms with E-state index < -0.39 is 0 Å². The Hall–Kier alpha value is -2.35. The van der Waals surface area contributed by atoms with Gasteiger partial charge in [-0.2, -0.15) is 10.4 Å². The van der Waals surface area contributed by atoms with Crippen LogP contribution in [0.1, 0.15) is 5.69 Å². The van der Waals surface area contributed by atoms with Gasteiger partial charge in [-0.05, 0) is 18.2 Å². The minimum atomic E-state index is 0.312. The summed E-state index contributed by atoms with van der Waals surface area (Å²) >= 11 is 0. The van der Waals surface area contributed by atoms with Gasteiger partial charge in [-0.3, -0.25) is 0 Å². The van der Waals surface area contributed by atoms with E-state index in [1.165, 1.54) is 7.11 Å². The first-order chi connectivity index (χ1) is 7.35. The molecule has 0 unspecified atom stereocenters. The van der Waals surface area contributed by atoms with Crippen molar-refractivity contribution in [3.05, 3.63) is 36.3 Å². The fourth-order valence-electron chi connectivity index (χ4n) is 1.19. The van der Waals surface area contributed by atoms with Gasteiger partial charge >= 0.3 is 0 Å². The molecule has 0 fully saturated rings. The number of rotatable bonds is 2. The SMILES string of the molecule is COc1nc(C#N)ccc1-n1cc[c]n1. The van der Waals surface area contributed by atoms with E-state index in [-0.39, 0.29) is 0 Å². The van der Waals surface area contributed by atoms with Gasteiger partial charge in [-0.25, -0.2) is 9.67 Å². The van der Waals surface area contributed by atoms with E-state index >= 15 is 0 Å². The predicted molar refractivity (Wildman–Crippen MR) is 51.5 cm³/mol. The molecule has 0 aliphatic rings. The Labute approximate surface area is 86.6 Å². The average Bonchev–Trinajstić information content (AvgIpc) is 2.81. The molecule has 0 spiro atoms. The number of hydrogen-bond donors (Lipinski definition) is 0. The molecule has 0 saturated heterocycles. The van der Waals surface area contributed by atoms with Crippen LogP contribution in [0.4, 0.5) is 0 Å². The van der Waals surface area contributed by atoms with Crippen molar-refractivity contribution in [1.82, 2.24) is 14.8 Å². The van der Waals surface area contributed by atoms with Crippen molar-refractivity contribution >= 4 is 0 Å². The number of ether oxygens (including phenoxy) is 1. The average molecular weight is 199 g/mol. The van der Waals surface area contributed by atoms with E-state index in [2.05, 4.69) is 16.3 Å². The lowest BCUT2D eigenvalue weighted by molar-refractivity contribution is 0.394. The molecule has 0 amide bonds. The van der Waals surface area contributed by atoms with E-state index in [9.17, 15) is 0 Å². The first-order valence-electron chi connectivity index (χ1n) is 4.22. The van der Waals surface area contributed by atoms with Crippen molar-refractivity contribution in [1.29, 1.82) is 5.26 Å². The van der Waals surface area contributed by atoms with Crippen LogP contribution in [0.5, 0.6) is 5.88 Å². The Morgan fingerprint density at radius 1 is 1.53 bits per heavy atom. The summed E-state index contributed by atoms with van der Waals surface area (Å²) in [6, 6.07) is 6.96. The van der Waals surface area contributed by atoms with Gasteiger partial charge < -0.3 is 4.74 Å². The third kappa shape index (κ3) is 1.65. The molecular formula is C10H7N4O. The highest BCUT2D eigenvalue weighted by Crippen LogP contribution is 2.19. The van der Waals surface area contributed by atoms with Crippen LogP contribution in [0.3, 0.4) is 0 Å². The van der Waals surface area contributed by atoms with Crippen molar-refractivity contribution in [2.75, 3.05) is 7.11 Å². The van der Waals surface area contributed by atoms with Gasteiger partial charge in [-0.1, -0.05) is 0 Å². The molecule has 5 heteroatoms. The van der Waals surface area contributed by atoms with Crippen molar-refractivity contribution in [3.8, 4) is 17.6 Å². The number of nitrogens with zero attached hydrogens (tertiary/aromatic N) is 4. The minimum absolute atomic E-state index is 0.312. The molecule has 5 nitrogen and oxygen atoms in total. The fraction of sp³-hybridized carbons (Fsp3) is 0.100. The molecule has 0 N–H and O–H groups in total. The van der Waals surface area contributed by atoms with E-state index in [0.717, 1.165) is 0 Å². The molecule has 0 bridgehead atoms. The molecule has 73 valence electrons. The summed E-state index contributed by atoms with van der Waals surface area (Å²) in [7, 11) is 1.50. The zero-order valence-corrected chi connectivity index (χ0v) is 8.01. The lowest BCUT2D eigenvalue weighted by atomic mass is 10.3. The fourth-order valence-corrected chi connectivity index (χ4v) is 1.19. The summed E-state index contributed by atoms with van der Waals surface area (Å²) in [6.45, 7) is 0. The molecule has 2 aromatic rings. The first-order valence-corrected chi connectivity index (χ1v) is 4.22. The van der Waals surface area contributed by atoms with Gasteiger partial charge in [0.25, 0.3) is 0 Å². The van der Waals surface area contributed by atoms with Crippen LogP contribution in [0.25, 0.3) is 5.69 Å². The predicted octanol–water partition coefficient (Wildman–Crippen LogP) is 0.948. The monoisotopic (exact) mass is 199 g/mol. The Bertz CT molecular complexity index is 499.